The van der Waals surface area contributed by atoms with Gasteiger partial charge in [-0.3, -0.25) is 4.98 Å². The van der Waals surface area contributed by atoms with Crippen molar-refractivity contribution in [2.24, 2.45) is 5.73 Å². The van der Waals surface area contributed by atoms with Gasteiger partial charge in [-0.25, -0.2) is 0 Å². The van der Waals surface area contributed by atoms with Crippen molar-refractivity contribution in [3.05, 3.63) is 52.6 Å². The van der Waals surface area contributed by atoms with Gasteiger partial charge in [-0.1, -0.05) is 28.1 Å². The molecule has 0 aliphatic rings. The molecule has 0 aliphatic carbocycles. The van der Waals surface area contributed by atoms with E-state index >= 15 is 0 Å². The van der Waals surface area contributed by atoms with Gasteiger partial charge in [0.25, 0.3) is 0 Å². The Hall–Kier alpha value is -1.65. The van der Waals surface area contributed by atoms with Gasteiger partial charge in [0, 0.05) is 28.1 Å². The normalized spacial score (nSPS) is 11.0. The number of aromatic nitrogens is 2. The summed E-state index contributed by atoms with van der Waals surface area (Å²) in [5, 5.41) is 1.16. The molecule has 0 unspecified atom stereocenters. The second-order valence-corrected chi connectivity index (χ2v) is 4.99. The zero-order valence-corrected chi connectivity index (χ0v) is 11.2. The monoisotopic (exact) mass is 301 g/mol. The van der Waals surface area contributed by atoms with Gasteiger partial charge >= 0.3 is 0 Å². The molecule has 2 aromatic heterocycles. The maximum atomic E-state index is 5.57. The molecule has 0 aliphatic heterocycles. The summed E-state index contributed by atoms with van der Waals surface area (Å²) in [7, 11) is 0. The van der Waals surface area contributed by atoms with E-state index in [1.807, 2.05) is 30.5 Å². The topological polar surface area (TPSA) is 54.7 Å². The van der Waals surface area contributed by atoms with E-state index in [0.717, 1.165) is 32.3 Å². The molecule has 0 fully saturated rings. The SMILES string of the molecule is NCc1ccc(-c2cc3c(Br)cccc3[nH]2)nc1. The molecule has 3 aromatic rings. The minimum atomic E-state index is 0.519. The number of hydrogen-bond donors (Lipinski definition) is 2. The Kier molecular flexibility index (Phi) is 2.89. The third-order valence-electron chi connectivity index (χ3n) is 2.95. The largest absolute Gasteiger partial charge is 0.353 e. The van der Waals surface area contributed by atoms with Crippen LogP contribution in [0.1, 0.15) is 5.56 Å². The summed E-state index contributed by atoms with van der Waals surface area (Å²) < 4.78 is 1.08. The number of H-pyrrole nitrogens is 1. The number of nitrogens with one attached hydrogen (secondary N) is 1. The van der Waals surface area contributed by atoms with Crippen molar-refractivity contribution < 1.29 is 0 Å². The summed E-state index contributed by atoms with van der Waals surface area (Å²) in [6.45, 7) is 0.519. The van der Waals surface area contributed by atoms with Crippen molar-refractivity contribution >= 4 is 26.8 Å². The molecule has 0 saturated heterocycles. The second kappa shape index (κ2) is 4.55. The van der Waals surface area contributed by atoms with E-state index in [1.165, 1.54) is 0 Å². The van der Waals surface area contributed by atoms with Crippen molar-refractivity contribution in [3.63, 3.8) is 0 Å². The van der Waals surface area contributed by atoms with Gasteiger partial charge in [0.05, 0.1) is 11.4 Å². The Bertz CT molecular complexity index is 686. The summed E-state index contributed by atoms with van der Waals surface area (Å²) in [6.07, 6.45) is 1.82. The maximum Gasteiger partial charge on any atom is 0.0864 e. The smallest absolute Gasteiger partial charge is 0.0864 e. The van der Waals surface area contributed by atoms with E-state index in [-0.39, 0.29) is 0 Å². The van der Waals surface area contributed by atoms with Crippen LogP contribution >= 0.6 is 15.9 Å². The fourth-order valence-electron chi connectivity index (χ4n) is 1.96. The van der Waals surface area contributed by atoms with Crippen molar-refractivity contribution in [2.75, 3.05) is 0 Å². The summed E-state index contributed by atoms with van der Waals surface area (Å²) in [6, 6.07) is 12.2. The van der Waals surface area contributed by atoms with Crippen molar-refractivity contribution in [3.8, 4) is 11.4 Å². The predicted octanol–water partition coefficient (Wildman–Crippen LogP) is 3.45. The second-order valence-electron chi connectivity index (χ2n) is 4.14. The molecule has 0 spiro atoms. The van der Waals surface area contributed by atoms with Gasteiger partial charge in [0.2, 0.25) is 0 Å². The molecule has 0 saturated carbocycles. The van der Waals surface area contributed by atoms with Gasteiger partial charge in [-0.15, -0.1) is 0 Å². The van der Waals surface area contributed by atoms with Crippen molar-refractivity contribution in [1.82, 2.24) is 9.97 Å². The maximum absolute atomic E-state index is 5.57. The Morgan fingerprint density at radius 2 is 2.11 bits per heavy atom. The first kappa shape index (κ1) is 11.4. The lowest BCUT2D eigenvalue weighted by Crippen LogP contribution is -1.96. The highest BCUT2D eigenvalue weighted by Gasteiger charge is 2.06. The molecular weight excluding hydrogens is 290 g/mol. The van der Waals surface area contributed by atoms with Gasteiger partial charge < -0.3 is 10.7 Å². The summed E-state index contributed by atoms with van der Waals surface area (Å²) in [5.74, 6) is 0. The van der Waals surface area contributed by atoms with Crippen molar-refractivity contribution in [1.29, 1.82) is 0 Å². The van der Waals surface area contributed by atoms with E-state index in [1.54, 1.807) is 0 Å². The molecule has 0 radical (unpaired) electrons. The number of nitrogens with zero attached hydrogens (tertiary/aromatic N) is 1. The highest BCUT2D eigenvalue weighted by Crippen LogP contribution is 2.28. The Labute approximate surface area is 113 Å². The molecule has 3 rings (SSSR count). The van der Waals surface area contributed by atoms with Crippen LogP contribution in [0.4, 0.5) is 0 Å². The van der Waals surface area contributed by atoms with Crippen LogP contribution in [0.5, 0.6) is 0 Å². The summed E-state index contributed by atoms with van der Waals surface area (Å²) in [5.41, 5.74) is 9.65. The first-order chi connectivity index (χ1) is 8.78. The highest BCUT2D eigenvalue weighted by molar-refractivity contribution is 9.10. The molecule has 1 aromatic carbocycles. The lowest BCUT2D eigenvalue weighted by atomic mass is 10.2. The van der Waals surface area contributed by atoms with E-state index in [2.05, 4.69) is 38.0 Å². The Morgan fingerprint density at radius 1 is 1.22 bits per heavy atom. The van der Waals surface area contributed by atoms with Crippen LogP contribution in [-0.4, -0.2) is 9.97 Å². The molecule has 3 nitrogen and oxygen atoms in total. The van der Waals surface area contributed by atoms with Crippen LogP contribution < -0.4 is 5.73 Å². The molecule has 18 heavy (non-hydrogen) atoms. The third-order valence-corrected chi connectivity index (χ3v) is 3.64. The third kappa shape index (κ3) is 1.94. The highest BCUT2D eigenvalue weighted by atomic mass is 79.9. The molecule has 0 atom stereocenters. The van der Waals surface area contributed by atoms with Gasteiger partial charge in [-0.05, 0) is 29.8 Å². The minimum absolute atomic E-state index is 0.519. The Balaban J connectivity index is 2.10. The quantitative estimate of drug-likeness (QED) is 0.762. The first-order valence-corrected chi connectivity index (χ1v) is 6.50. The molecule has 3 N–H and O–H groups in total. The lowest BCUT2D eigenvalue weighted by Gasteiger charge is -1.98. The number of aromatic amines is 1. The molecule has 0 bridgehead atoms. The summed E-state index contributed by atoms with van der Waals surface area (Å²) in [4.78, 5) is 7.78. The molecule has 0 amide bonds. The average Bonchev–Trinajstić information content (AvgIpc) is 2.84. The fourth-order valence-corrected chi connectivity index (χ4v) is 2.44. The Morgan fingerprint density at radius 3 is 2.78 bits per heavy atom. The molecule has 2 heterocycles. The molecule has 4 heteroatoms. The average molecular weight is 302 g/mol. The number of halogens is 1. The van der Waals surface area contributed by atoms with E-state index in [9.17, 15) is 0 Å². The van der Waals surface area contributed by atoms with Gasteiger partial charge in [-0.2, -0.15) is 0 Å². The van der Waals surface area contributed by atoms with E-state index in [4.69, 9.17) is 5.73 Å². The molecular formula is C14H12BrN3. The summed E-state index contributed by atoms with van der Waals surface area (Å²) >= 11 is 3.55. The van der Waals surface area contributed by atoms with Crippen LogP contribution in [0.2, 0.25) is 0 Å². The van der Waals surface area contributed by atoms with Crippen LogP contribution in [0.25, 0.3) is 22.3 Å². The number of hydrogen-bond acceptors (Lipinski definition) is 2. The zero-order valence-electron chi connectivity index (χ0n) is 9.65. The van der Waals surface area contributed by atoms with Crippen LogP contribution in [0.15, 0.2) is 47.1 Å². The fraction of sp³-hybridized carbons (Fsp3) is 0.0714. The standard InChI is InChI=1S/C14H12BrN3/c15-11-2-1-3-12-10(11)6-14(18-12)13-5-4-9(7-16)8-17-13/h1-6,8,18H,7,16H2. The number of pyridine rings is 1. The van der Waals surface area contributed by atoms with Crippen LogP contribution in [0, 0.1) is 0 Å². The minimum Gasteiger partial charge on any atom is -0.353 e. The van der Waals surface area contributed by atoms with E-state index < -0.39 is 0 Å². The van der Waals surface area contributed by atoms with Crippen LogP contribution in [0.3, 0.4) is 0 Å². The zero-order chi connectivity index (χ0) is 12.5. The number of benzene rings is 1. The lowest BCUT2D eigenvalue weighted by molar-refractivity contribution is 1.05. The van der Waals surface area contributed by atoms with Gasteiger partial charge in [0.15, 0.2) is 0 Å². The van der Waals surface area contributed by atoms with Gasteiger partial charge in [0.1, 0.15) is 0 Å². The first-order valence-electron chi connectivity index (χ1n) is 5.70. The predicted molar refractivity (Wildman–Crippen MR) is 77.1 cm³/mol. The number of nitrogens with two attached hydrogens (primary N) is 1. The molecule has 90 valence electrons. The van der Waals surface area contributed by atoms with Crippen molar-refractivity contribution in [2.45, 2.75) is 6.54 Å². The number of rotatable bonds is 2. The van der Waals surface area contributed by atoms with E-state index in [0.29, 0.717) is 6.54 Å². The number of fused-ring (bicyclic) bond motifs is 1. The van der Waals surface area contributed by atoms with Crippen LogP contribution in [-0.2, 0) is 6.54 Å².